The Hall–Kier alpha value is -0.620. The second-order valence-electron chi connectivity index (χ2n) is 5.50. The molecule has 1 heterocycles. The molecule has 1 aliphatic carbocycles. The van der Waals surface area contributed by atoms with Gasteiger partial charge in [-0.25, -0.2) is 4.98 Å². The van der Waals surface area contributed by atoms with Gasteiger partial charge in [0.25, 0.3) is 0 Å². The molecule has 1 fully saturated rings. The second kappa shape index (κ2) is 6.43. The maximum Gasteiger partial charge on any atom is 0.391 e. The number of nitrogens with one attached hydrogen (secondary N) is 1. The monoisotopic (exact) mass is 306 g/mol. The van der Waals surface area contributed by atoms with Gasteiger partial charge in [-0.15, -0.1) is 11.3 Å². The van der Waals surface area contributed by atoms with Crippen LogP contribution in [0.5, 0.6) is 0 Å². The molecule has 0 saturated heterocycles. The fourth-order valence-corrected chi connectivity index (χ4v) is 3.57. The smallest absolute Gasteiger partial charge is 0.305 e. The molecule has 1 aromatic heterocycles. The Labute approximate surface area is 121 Å². The van der Waals surface area contributed by atoms with Crippen molar-refractivity contribution < 1.29 is 13.2 Å². The van der Waals surface area contributed by atoms with E-state index < -0.39 is 12.1 Å². The van der Waals surface area contributed by atoms with E-state index in [0.717, 1.165) is 11.4 Å². The van der Waals surface area contributed by atoms with Gasteiger partial charge in [-0.3, -0.25) is 0 Å². The fraction of sp³-hybridized carbons (Fsp3) is 0.786. The first-order chi connectivity index (χ1) is 9.40. The molecule has 0 spiro atoms. The van der Waals surface area contributed by atoms with Gasteiger partial charge < -0.3 is 5.32 Å². The van der Waals surface area contributed by atoms with Gasteiger partial charge in [-0.05, 0) is 39.0 Å². The Bertz CT molecular complexity index is 422. The van der Waals surface area contributed by atoms with Crippen LogP contribution in [-0.2, 0) is 6.42 Å². The highest BCUT2D eigenvalue weighted by molar-refractivity contribution is 7.11. The Kier molecular flexibility index (Phi) is 5.07. The first-order valence-electron chi connectivity index (χ1n) is 7.17. The summed E-state index contributed by atoms with van der Waals surface area (Å²) in [6.45, 7) is 4.13. The summed E-state index contributed by atoms with van der Waals surface area (Å²) in [5.74, 6) is -1.11. The molecule has 1 aromatic rings. The maximum absolute atomic E-state index is 12.6. The van der Waals surface area contributed by atoms with Crippen molar-refractivity contribution in [3.63, 3.8) is 0 Å². The third-order valence-corrected chi connectivity index (χ3v) is 5.29. The summed E-state index contributed by atoms with van der Waals surface area (Å²) in [7, 11) is 0. The molecule has 20 heavy (non-hydrogen) atoms. The lowest BCUT2D eigenvalue weighted by Crippen LogP contribution is -2.38. The number of nitrogens with zero attached hydrogens (tertiary/aromatic N) is 1. The third kappa shape index (κ3) is 3.95. The molecule has 2 rings (SSSR count). The lowest BCUT2D eigenvalue weighted by molar-refractivity contribution is -0.182. The van der Waals surface area contributed by atoms with E-state index >= 15 is 0 Å². The molecule has 114 valence electrons. The molecule has 0 amide bonds. The first-order valence-corrected chi connectivity index (χ1v) is 7.99. The summed E-state index contributed by atoms with van der Waals surface area (Å²) in [6.07, 6.45) is 0.515. The normalized spacial score (nSPS) is 25.6. The van der Waals surface area contributed by atoms with E-state index in [1.165, 1.54) is 4.88 Å². The molecule has 0 bridgehead atoms. The van der Waals surface area contributed by atoms with Crippen molar-refractivity contribution in [2.75, 3.05) is 0 Å². The molecule has 0 radical (unpaired) electrons. The van der Waals surface area contributed by atoms with Gasteiger partial charge in [0, 0.05) is 17.1 Å². The number of hydrogen-bond acceptors (Lipinski definition) is 3. The number of aryl methyl sites for hydroxylation is 1. The Morgan fingerprint density at radius 2 is 2.00 bits per heavy atom. The van der Waals surface area contributed by atoms with Gasteiger partial charge in [0.15, 0.2) is 0 Å². The third-order valence-electron chi connectivity index (χ3n) is 3.97. The number of halogens is 3. The number of alkyl halides is 3. The molecule has 2 nitrogen and oxygen atoms in total. The molecule has 1 unspecified atom stereocenters. The summed E-state index contributed by atoms with van der Waals surface area (Å²) >= 11 is 1.68. The van der Waals surface area contributed by atoms with Crippen molar-refractivity contribution in [1.29, 1.82) is 0 Å². The second-order valence-corrected chi connectivity index (χ2v) is 6.64. The fourth-order valence-electron chi connectivity index (χ4n) is 2.70. The largest absolute Gasteiger partial charge is 0.391 e. The zero-order valence-electron chi connectivity index (χ0n) is 11.8. The SMILES string of the molecule is CCc1cnc(C(C)NC2CCC(C(F)(F)F)CC2)s1. The first kappa shape index (κ1) is 15.8. The predicted octanol–water partition coefficient (Wildman–Crippen LogP) is 4.48. The number of rotatable bonds is 4. The Morgan fingerprint density at radius 1 is 1.35 bits per heavy atom. The van der Waals surface area contributed by atoms with E-state index in [1.54, 1.807) is 11.3 Å². The number of thiazole rings is 1. The van der Waals surface area contributed by atoms with Crippen LogP contribution in [0.25, 0.3) is 0 Å². The molecule has 0 aliphatic heterocycles. The molecule has 1 aliphatic rings. The van der Waals surface area contributed by atoms with Crippen LogP contribution in [0.4, 0.5) is 13.2 Å². The van der Waals surface area contributed by atoms with Crippen molar-refractivity contribution in [2.24, 2.45) is 5.92 Å². The highest BCUT2D eigenvalue weighted by Crippen LogP contribution is 2.38. The van der Waals surface area contributed by atoms with E-state index in [1.807, 2.05) is 13.1 Å². The molecular formula is C14H21F3N2S. The van der Waals surface area contributed by atoms with Crippen molar-refractivity contribution in [2.45, 2.75) is 64.2 Å². The predicted molar refractivity (Wildman–Crippen MR) is 74.8 cm³/mol. The zero-order chi connectivity index (χ0) is 14.8. The molecule has 1 saturated carbocycles. The van der Waals surface area contributed by atoms with E-state index in [-0.39, 0.29) is 24.9 Å². The lowest BCUT2D eigenvalue weighted by Gasteiger charge is -2.31. The van der Waals surface area contributed by atoms with Crippen LogP contribution in [0.3, 0.4) is 0 Å². The van der Waals surface area contributed by atoms with Crippen molar-refractivity contribution >= 4 is 11.3 Å². The molecule has 1 N–H and O–H groups in total. The van der Waals surface area contributed by atoms with Crippen molar-refractivity contribution in [3.8, 4) is 0 Å². The summed E-state index contributed by atoms with van der Waals surface area (Å²) in [6, 6.07) is 0.297. The van der Waals surface area contributed by atoms with Gasteiger partial charge >= 0.3 is 6.18 Å². The minimum absolute atomic E-state index is 0.118. The summed E-state index contributed by atoms with van der Waals surface area (Å²) in [4.78, 5) is 5.63. The Balaban J connectivity index is 1.83. The summed E-state index contributed by atoms with van der Waals surface area (Å²) in [5.41, 5.74) is 0. The average Bonchev–Trinajstić information content (AvgIpc) is 2.87. The standard InChI is InChI=1S/C14H21F3N2S/c1-3-12-8-18-13(20-12)9(2)19-11-6-4-10(5-7-11)14(15,16)17/h8-11,19H,3-7H2,1-2H3. The highest BCUT2D eigenvalue weighted by Gasteiger charge is 2.41. The zero-order valence-corrected chi connectivity index (χ0v) is 12.7. The summed E-state index contributed by atoms with van der Waals surface area (Å²) < 4.78 is 37.8. The van der Waals surface area contributed by atoms with Gasteiger partial charge in [-0.2, -0.15) is 13.2 Å². The topological polar surface area (TPSA) is 24.9 Å². The minimum atomic E-state index is -4.03. The number of hydrogen-bond donors (Lipinski definition) is 1. The lowest BCUT2D eigenvalue weighted by atomic mass is 9.85. The van der Waals surface area contributed by atoms with Gasteiger partial charge in [-0.1, -0.05) is 6.92 Å². The molecule has 0 aromatic carbocycles. The van der Waals surface area contributed by atoms with Gasteiger partial charge in [0.05, 0.1) is 12.0 Å². The van der Waals surface area contributed by atoms with E-state index in [2.05, 4.69) is 17.2 Å². The maximum atomic E-state index is 12.6. The summed E-state index contributed by atoms with van der Waals surface area (Å²) in [5, 5.41) is 4.45. The van der Waals surface area contributed by atoms with Crippen molar-refractivity contribution in [1.82, 2.24) is 10.3 Å². The van der Waals surface area contributed by atoms with Gasteiger partial charge in [0.1, 0.15) is 5.01 Å². The highest BCUT2D eigenvalue weighted by atomic mass is 32.1. The quantitative estimate of drug-likeness (QED) is 0.887. The average molecular weight is 306 g/mol. The van der Waals surface area contributed by atoms with Crippen LogP contribution in [0.15, 0.2) is 6.20 Å². The van der Waals surface area contributed by atoms with Crippen LogP contribution >= 0.6 is 11.3 Å². The van der Waals surface area contributed by atoms with Crippen LogP contribution in [0.1, 0.15) is 55.5 Å². The van der Waals surface area contributed by atoms with E-state index in [9.17, 15) is 13.2 Å². The van der Waals surface area contributed by atoms with Crippen molar-refractivity contribution in [3.05, 3.63) is 16.1 Å². The van der Waals surface area contributed by atoms with E-state index in [4.69, 9.17) is 0 Å². The van der Waals surface area contributed by atoms with Crippen LogP contribution in [0.2, 0.25) is 0 Å². The van der Waals surface area contributed by atoms with Crippen LogP contribution in [0, 0.1) is 5.92 Å². The Morgan fingerprint density at radius 3 is 2.50 bits per heavy atom. The molecular weight excluding hydrogens is 285 g/mol. The van der Waals surface area contributed by atoms with Gasteiger partial charge in [0.2, 0.25) is 0 Å². The molecule has 6 heteroatoms. The molecule has 1 atom stereocenters. The number of aromatic nitrogens is 1. The van der Waals surface area contributed by atoms with Crippen LogP contribution in [-0.4, -0.2) is 17.2 Å². The van der Waals surface area contributed by atoms with Crippen LogP contribution < -0.4 is 5.32 Å². The van der Waals surface area contributed by atoms with E-state index in [0.29, 0.717) is 12.8 Å². The minimum Gasteiger partial charge on any atom is -0.305 e.